The molecule has 1 saturated carbocycles. The lowest BCUT2D eigenvalue weighted by Crippen LogP contribution is -2.12. The number of aromatic nitrogens is 1. The summed E-state index contributed by atoms with van der Waals surface area (Å²) in [4.78, 5) is 27.6. The van der Waals surface area contributed by atoms with Gasteiger partial charge in [-0.2, -0.15) is 0 Å². The number of rotatable bonds is 4. The second kappa shape index (κ2) is 5.40. The van der Waals surface area contributed by atoms with Crippen LogP contribution in [0.2, 0.25) is 0 Å². The van der Waals surface area contributed by atoms with E-state index in [1.807, 2.05) is 0 Å². The highest BCUT2D eigenvalue weighted by molar-refractivity contribution is 5.97. The summed E-state index contributed by atoms with van der Waals surface area (Å²) in [6.07, 6.45) is 4.88. The van der Waals surface area contributed by atoms with Crippen LogP contribution >= 0.6 is 0 Å². The van der Waals surface area contributed by atoms with Gasteiger partial charge in [0.2, 0.25) is 5.91 Å². The van der Waals surface area contributed by atoms with Gasteiger partial charge in [0.05, 0.1) is 18.4 Å². The quantitative estimate of drug-likeness (QED) is 0.873. The summed E-state index contributed by atoms with van der Waals surface area (Å²) in [5.41, 5.74) is 1.42. The Morgan fingerprint density at radius 3 is 2.95 bits per heavy atom. The highest BCUT2D eigenvalue weighted by Gasteiger charge is 2.30. The van der Waals surface area contributed by atoms with Crippen molar-refractivity contribution >= 4 is 17.8 Å². The molecule has 0 unspecified atom stereocenters. The average Bonchev–Trinajstić information content (AvgIpc) is 3.27. The number of hydrogen-bond acceptors (Lipinski definition) is 5. The van der Waals surface area contributed by atoms with E-state index >= 15 is 0 Å². The van der Waals surface area contributed by atoms with Gasteiger partial charge in [0.1, 0.15) is 6.26 Å². The molecule has 1 aliphatic carbocycles. The highest BCUT2D eigenvalue weighted by Crippen LogP contribution is 2.31. The van der Waals surface area contributed by atoms with Crippen LogP contribution in [0.25, 0.3) is 11.3 Å². The van der Waals surface area contributed by atoms with Crippen LogP contribution in [0.3, 0.4) is 0 Å². The van der Waals surface area contributed by atoms with Crippen LogP contribution in [-0.4, -0.2) is 24.0 Å². The van der Waals surface area contributed by atoms with Crippen LogP contribution in [0.4, 0.5) is 5.88 Å². The van der Waals surface area contributed by atoms with Crippen molar-refractivity contribution in [2.45, 2.75) is 12.8 Å². The Morgan fingerprint density at radius 1 is 1.43 bits per heavy atom. The second-order valence-electron chi connectivity index (χ2n) is 4.85. The number of ether oxygens (including phenoxy) is 1. The molecule has 1 amide bonds. The molecule has 2 aromatic rings. The molecule has 0 saturated heterocycles. The fraction of sp³-hybridized carbons (Fsp3) is 0.267. The fourth-order valence-electron chi connectivity index (χ4n) is 2.00. The van der Waals surface area contributed by atoms with E-state index in [9.17, 15) is 9.59 Å². The minimum atomic E-state index is -0.470. The normalized spacial score (nSPS) is 13.8. The van der Waals surface area contributed by atoms with Crippen molar-refractivity contribution in [3.05, 3.63) is 36.2 Å². The second-order valence-corrected chi connectivity index (χ2v) is 4.85. The molecule has 6 nitrogen and oxygen atoms in total. The van der Waals surface area contributed by atoms with Crippen molar-refractivity contribution in [3.63, 3.8) is 0 Å². The molecule has 1 N–H and O–H groups in total. The summed E-state index contributed by atoms with van der Waals surface area (Å²) >= 11 is 0. The number of nitrogens with zero attached hydrogens (tertiary/aromatic N) is 1. The predicted molar refractivity (Wildman–Crippen MR) is 74.6 cm³/mol. The highest BCUT2D eigenvalue weighted by atomic mass is 16.5. The van der Waals surface area contributed by atoms with Gasteiger partial charge < -0.3 is 9.15 Å². The smallest absolute Gasteiger partial charge is 0.340 e. The van der Waals surface area contributed by atoms with Crippen LogP contribution in [0.5, 0.6) is 0 Å². The Labute approximate surface area is 121 Å². The molecule has 21 heavy (non-hydrogen) atoms. The van der Waals surface area contributed by atoms with Gasteiger partial charge in [-0.05, 0) is 25.0 Å². The Balaban J connectivity index is 1.85. The number of carbonyl (C=O) groups is 2. The molecule has 1 aliphatic rings. The number of amides is 1. The van der Waals surface area contributed by atoms with Crippen molar-refractivity contribution in [1.82, 2.24) is 4.98 Å². The first-order valence-corrected chi connectivity index (χ1v) is 6.62. The van der Waals surface area contributed by atoms with E-state index < -0.39 is 5.97 Å². The van der Waals surface area contributed by atoms with Crippen LogP contribution in [-0.2, 0) is 9.53 Å². The molecule has 2 heterocycles. The molecule has 0 radical (unpaired) electrons. The molecule has 0 spiro atoms. The number of nitrogens with one attached hydrogen (secondary N) is 1. The van der Waals surface area contributed by atoms with Gasteiger partial charge in [-0.25, -0.2) is 4.79 Å². The number of esters is 1. The predicted octanol–water partition coefficient (Wildman–Crippen LogP) is 2.48. The molecule has 0 atom stereocenters. The molecule has 2 aromatic heterocycles. The minimum absolute atomic E-state index is 0.0369. The van der Waals surface area contributed by atoms with Gasteiger partial charge in [0.15, 0.2) is 5.88 Å². The SMILES string of the molecule is COC(=O)c1cccnc1-c1coc(NC(=O)C2CC2)c1. The minimum Gasteiger partial charge on any atom is -0.465 e. The zero-order valence-electron chi connectivity index (χ0n) is 11.5. The third-order valence-electron chi connectivity index (χ3n) is 3.28. The van der Waals surface area contributed by atoms with Crippen molar-refractivity contribution in [3.8, 4) is 11.3 Å². The van der Waals surface area contributed by atoms with E-state index in [1.54, 1.807) is 24.4 Å². The summed E-state index contributed by atoms with van der Waals surface area (Å²) in [6, 6.07) is 4.93. The number of methoxy groups -OCH3 is 1. The largest absolute Gasteiger partial charge is 0.465 e. The average molecular weight is 286 g/mol. The van der Waals surface area contributed by atoms with Crippen molar-refractivity contribution in [1.29, 1.82) is 0 Å². The summed E-state index contributed by atoms with van der Waals surface area (Å²) < 4.78 is 10.0. The number of anilines is 1. The third kappa shape index (κ3) is 2.79. The summed E-state index contributed by atoms with van der Waals surface area (Å²) in [5, 5.41) is 2.71. The Morgan fingerprint density at radius 2 is 2.24 bits per heavy atom. The lowest BCUT2D eigenvalue weighted by atomic mass is 10.1. The molecular formula is C15H14N2O4. The monoisotopic (exact) mass is 286 g/mol. The van der Waals surface area contributed by atoms with Crippen molar-refractivity contribution in [2.24, 2.45) is 5.92 Å². The maximum Gasteiger partial charge on any atom is 0.340 e. The summed E-state index contributed by atoms with van der Waals surface area (Å²) in [5.74, 6) is -0.0598. The van der Waals surface area contributed by atoms with Crippen LogP contribution in [0.15, 0.2) is 35.1 Å². The molecule has 6 heteroatoms. The lowest BCUT2D eigenvalue weighted by Gasteiger charge is -2.03. The molecule has 108 valence electrons. The zero-order valence-corrected chi connectivity index (χ0v) is 11.5. The fourth-order valence-corrected chi connectivity index (χ4v) is 2.00. The molecular weight excluding hydrogens is 272 g/mol. The number of pyridine rings is 1. The number of carbonyl (C=O) groups excluding carboxylic acids is 2. The van der Waals surface area contributed by atoms with Crippen LogP contribution in [0, 0.1) is 5.92 Å². The standard InChI is InChI=1S/C15H14N2O4/c1-20-15(19)11-3-2-6-16-13(11)10-7-12(21-8-10)17-14(18)9-4-5-9/h2-3,6-9H,4-5H2,1H3,(H,17,18). The van der Waals surface area contributed by atoms with Gasteiger partial charge in [0, 0.05) is 23.7 Å². The van der Waals surface area contributed by atoms with E-state index in [2.05, 4.69) is 10.3 Å². The third-order valence-corrected chi connectivity index (χ3v) is 3.28. The van der Waals surface area contributed by atoms with E-state index in [-0.39, 0.29) is 11.8 Å². The van der Waals surface area contributed by atoms with E-state index in [4.69, 9.17) is 9.15 Å². The van der Waals surface area contributed by atoms with Crippen LogP contribution < -0.4 is 5.32 Å². The summed E-state index contributed by atoms with van der Waals surface area (Å²) in [6.45, 7) is 0. The van der Waals surface area contributed by atoms with Gasteiger partial charge in [-0.3, -0.25) is 15.1 Å². The number of furan rings is 1. The van der Waals surface area contributed by atoms with Crippen LogP contribution in [0.1, 0.15) is 23.2 Å². The van der Waals surface area contributed by atoms with Gasteiger partial charge in [-0.1, -0.05) is 0 Å². The Bertz CT molecular complexity index is 688. The van der Waals surface area contributed by atoms with Gasteiger partial charge >= 0.3 is 5.97 Å². The molecule has 0 aromatic carbocycles. The van der Waals surface area contributed by atoms with Gasteiger partial charge in [-0.15, -0.1) is 0 Å². The lowest BCUT2D eigenvalue weighted by molar-refractivity contribution is -0.117. The van der Waals surface area contributed by atoms with Crippen molar-refractivity contribution in [2.75, 3.05) is 12.4 Å². The number of hydrogen-bond donors (Lipinski definition) is 1. The Kier molecular flexibility index (Phi) is 3.43. The first kappa shape index (κ1) is 13.4. The zero-order chi connectivity index (χ0) is 14.8. The first-order valence-electron chi connectivity index (χ1n) is 6.62. The molecule has 1 fully saturated rings. The van der Waals surface area contributed by atoms with Gasteiger partial charge in [0.25, 0.3) is 0 Å². The molecule has 0 aliphatic heterocycles. The topological polar surface area (TPSA) is 81.4 Å². The van der Waals surface area contributed by atoms with E-state index in [0.717, 1.165) is 12.8 Å². The van der Waals surface area contributed by atoms with E-state index in [0.29, 0.717) is 22.7 Å². The van der Waals surface area contributed by atoms with Crippen molar-refractivity contribution < 1.29 is 18.7 Å². The maximum atomic E-state index is 11.7. The maximum absolute atomic E-state index is 11.7. The first-order chi connectivity index (χ1) is 10.2. The summed E-state index contributed by atoms with van der Waals surface area (Å²) in [7, 11) is 1.32. The molecule has 0 bridgehead atoms. The van der Waals surface area contributed by atoms with E-state index in [1.165, 1.54) is 13.4 Å². The molecule has 3 rings (SSSR count). The Hall–Kier alpha value is -2.63.